The molecule has 1 aromatic heterocycles. The Morgan fingerprint density at radius 1 is 1.23 bits per heavy atom. The van der Waals surface area contributed by atoms with Crippen molar-refractivity contribution in [2.45, 2.75) is 32.4 Å². The minimum atomic E-state index is 0.236. The second-order valence-corrected chi connectivity index (χ2v) is 6.42. The van der Waals surface area contributed by atoms with Crippen molar-refractivity contribution in [1.29, 1.82) is 0 Å². The lowest BCUT2D eigenvalue weighted by atomic mass is 9.96. The molecule has 2 fully saturated rings. The molecule has 2 aliphatic heterocycles. The molecule has 3 rings (SSSR count). The van der Waals surface area contributed by atoms with Gasteiger partial charge in [-0.1, -0.05) is 0 Å². The average molecular weight is 308 g/mol. The molecular formula is C17H28N2O3. The minimum absolute atomic E-state index is 0.236. The van der Waals surface area contributed by atoms with Crippen LogP contribution in [0.3, 0.4) is 0 Å². The van der Waals surface area contributed by atoms with Crippen molar-refractivity contribution in [2.75, 3.05) is 46.1 Å². The van der Waals surface area contributed by atoms with Crippen molar-refractivity contribution >= 4 is 0 Å². The predicted octanol–water partition coefficient (Wildman–Crippen LogP) is 1.98. The van der Waals surface area contributed by atoms with Crippen LogP contribution in [-0.2, 0) is 9.47 Å². The maximum Gasteiger partial charge on any atom is 0.120 e. The quantitative estimate of drug-likeness (QED) is 0.871. The Hall–Kier alpha value is -0.880. The van der Waals surface area contributed by atoms with E-state index in [2.05, 4.69) is 23.2 Å². The molecule has 0 aromatic carbocycles. The van der Waals surface area contributed by atoms with Crippen molar-refractivity contribution in [3.8, 4) is 0 Å². The fraction of sp³-hybridized carbons (Fsp3) is 0.765. The molecule has 0 unspecified atom stereocenters. The maximum absolute atomic E-state index is 5.73. The summed E-state index contributed by atoms with van der Waals surface area (Å²) in [5.41, 5.74) is 0. The third-order valence-electron chi connectivity index (χ3n) is 4.84. The van der Waals surface area contributed by atoms with Crippen molar-refractivity contribution in [3.63, 3.8) is 0 Å². The van der Waals surface area contributed by atoms with Gasteiger partial charge in [-0.25, -0.2) is 0 Å². The summed E-state index contributed by atoms with van der Waals surface area (Å²) < 4.78 is 16.8. The van der Waals surface area contributed by atoms with Crippen molar-refractivity contribution in [3.05, 3.63) is 23.7 Å². The average Bonchev–Trinajstić information content (AvgIpc) is 3.20. The number of morpholine rings is 1. The van der Waals surface area contributed by atoms with Crippen molar-refractivity contribution in [2.24, 2.45) is 5.92 Å². The standard InChI is InChI=1S/C17H28N2O3/c1-13-3-4-17(22-13)14(2)18-11-16(15-5-8-21-12-15)19-6-9-20-10-7-19/h3-4,14-16,18H,5-12H2,1-2H3/t14-,15-,16-/m0/s1. The largest absolute Gasteiger partial charge is 0.465 e. The van der Waals surface area contributed by atoms with Crippen molar-refractivity contribution in [1.82, 2.24) is 10.2 Å². The van der Waals surface area contributed by atoms with E-state index in [1.54, 1.807) is 0 Å². The zero-order valence-corrected chi connectivity index (χ0v) is 13.7. The van der Waals surface area contributed by atoms with Crippen LogP contribution in [0.4, 0.5) is 0 Å². The fourth-order valence-electron chi connectivity index (χ4n) is 3.44. The molecule has 5 nitrogen and oxygen atoms in total. The lowest BCUT2D eigenvalue weighted by Gasteiger charge is -2.38. The predicted molar refractivity (Wildman–Crippen MR) is 85.0 cm³/mol. The Kier molecular flexibility index (Phi) is 5.52. The number of hydrogen-bond donors (Lipinski definition) is 1. The Labute approximate surface area is 132 Å². The highest BCUT2D eigenvalue weighted by Gasteiger charge is 2.31. The van der Waals surface area contributed by atoms with Gasteiger partial charge in [-0.15, -0.1) is 0 Å². The summed E-state index contributed by atoms with van der Waals surface area (Å²) in [4.78, 5) is 2.57. The topological polar surface area (TPSA) is 46.9 Å². The Bertz CT molecular complexity index is 451. The molecule has 1 N–H and O–H groups in total. The monoisotopic (exact) mass is 308 g/mol. The number of ether oxygens (including phenoxy) is 2. The molecule has 0 radical (unpaired) electrons. The lowest BCUT2D eigenvalue weighted by Crippen LogP contribution is -2.51. The van der Waals surface area contributed by atoms with Gasteiger partial charge in [0.05, 0.1) is 25.9 Å². The normalized spacial score (nSPS) is 26.2. The molecule has 0 spiro atoms. The number of furan rings is 1. The molecule has 0 bridgehead atoms. The number of nitrogens with zero attached hydrogens (tertiary/aromatic N) is 1. The van der Waals surface area contributed by atoms with Crippen LogP contribution in [0.15, 0.2) is 16.5 Å². The van der Waals surface area contributed by atoms with Crippen LogP contribution in [0.25, 0.3) is 0 Å². The van der Waals surface area contributed by atoms with E-state index in [1.807, 2.05) is 13.0 Å². The summed E-state index contributed by atoms with van der Waals surface area (Å²) in [5.74, 6) is 2.61. The van der Waals surface area contributed by atoms with Crippen LogP contribution in [0.5, 0.6) is 0 Å². The highest BCUT2D eigenvalue weighted by atomic mass is 16.5. The van der Waals surface area contributed by atoms with E-state index >= 15 is 0 Å². The Morgan fingerprint density at radius 2 is 2.05 bits per heavy atom. The minimum Gasteiger partial charge on any atom is -0.465 e. The SMILES string of the molecule is Cc1ccc([C@H](C)NC[C@@H]([C@H]2CCOC2)N2CCOCC2)o1. The van der Waals surface area contributed by atoms with Gasteiger partial charge in [-0.2, -0.15) is 0 Å². The summed E-state index contributed by atoms with van der Waals surface area (Å²) in [7, 11) is 0. The maximum atomic E-state index is 5.73. The smallest absolute Gasteiger partial charge is 0.120 e. The molecule has 1 aromatic rings. The Balaban J connectivity index is 1.59. The summed E-state index contributed by atoms with van der Waals surface area (Å²) in [5, 5.41) is 3.65. The van der Waals surface area contributed by atoms with E-state index in [0.717, 1.165) is 64.0 Å². The third-order valence-corrected chi connectivity index (χ3v) is 4.84. The molecule has 124 valence electrons. The second kappa shape index (κ2) is 7.59. The highest BCUT2D eigenvalue weighted by Crippen LogP contribution is 2.23. The van der Waals surface area contributed by atoms with Crippen LogP contribution < -0.4 is 5.32 Å². The van der Waals surface area contributed by atoms with E-state index in [0.29, 0.717) is 12.0 Å². The number of aryl methyl sites for hydroxylation is 1. The highest BCUT2D eigenvalue weighted by molar-refractivity contribution is 5.09. The van der Waals surface area contributed by atoms with Crippen LogP contribution in [0, 0.1) is 12.8 Å². The molecular weight excluding hydrogens is 280 g/mol. The number of rotatable bonds is 6. The van der Waals surface area contributed by atoms with Crippen LogP contribution in [-0.4, -0.2) is 57.0 Å². The molecule has 3 heterocycles. The molecule has 5 heteroatoms. The molecule has 22 heavy (non-hydrogen) atoms. The van der Waals surface area contributed by atoms with Crippen LogP contribution in [0.2, 0.25) is 0 Å². The van der Waals surface area contributed by atoms with E-state index in [-0.39, 0.29) is 6.04 Å². The zero-order valence-electron chi connectivity index (χ0n) is 13.7. The van der Waals surface area contributed by atoms with Gasteiger partial charge in [0.2, 0.25) is 0 Å². The van der Waals surface area contributed by atoms with Gasteiger partial charge in [-0.05, 0) is 32.4 Å². The van der Waals surface area contributed by atoms with E-state index in [4.69, 9.17) is 13.9 Å². The van der Waals surface area contributed by atoms with Gasteiger partial charge in [0.15, 0.2) is 0 Å². The van der Waals surface area contributed by atoms with E-state index in [9.17, 15) is 0 Å². The second-order valence-electron chi connectivity index (χ2n) is 6.42. The van der Waals surface area contributed by atoms with Gasteiger partial charge in [0.1, 0.15) is 11.5 Å². The van der Waals surface area contributed by atoms with Gasteiger partial charge >= 0.3 is 0 Å². The van der Waals surface area contributed by atoms with Gasteiger partial charge in [0, 0.05) is 38.2 Å². The van der Waals surface area contributed by atoms with Crippen molar-refractivity contribution < 1.29 is 13.9 Å². The Morgan fingerprint density at radius 3 is 2.68 bits per heavy atom. The first-order valence-corrected chi connectivity index (χ1v) is 8.43. The molecule has 2 saturated heterocycles. The van der Waals surface area contributed by atoms with Gasteiger partial charge in [-0.3, -0.25) is 4.90 Å². The van der Waals surface area contributed by atoms with Crippen LogP contribution >= 0.6 is 0 Å². The first-order valence-electron chi connectivity index (χ1n) is 8.43. The number of hydrogen-bond acceptors (Lipinski definition) is 5. The van der Waals surface area contributed by atoms with E-state index in [1.165, 1.54) is 0 Å². The molecule has 0 saturated carbocycles. The number of nitrogens with one attached hydrogen (secondary N) is 1. The molecule has 0 amide bonds. The van der Waals surface area contributed by atoms with Crippen LogP contribution in [0.1, 0.15) is 30.9 Å². The first-order chi connectivity index (χ1) is 10.7. The summed E-state index contributed by atoms with van der Waals surface area (Å²) >= 11 is 0. The summed E-state index contributed by atoms with van der Waals surface area (Å²) in [6.45, 7) is 10.6. The zero-order chi connectivity index (χ0) is 15.4. The third kappa shape index (κ3) is 3.90. The molecule has 3 atom stereocenters. The summed E-state index contributed by atoms with van der Waals surface area (Å²) in [6, 6.07) is 4.84. The van der Waals surface area contributed by atoms with E-state index < -0.39 is 0 Å². The first kappa shape index (κ1) is 16.0. The summed E-state index contributed by atoms with van der Waals surface area (Å²) in [6.07, 6.45) is 1.16. The molecule has 0 aliphatic carbocycles. The molecule has 2 aliphatic rings. The lowest BCUT2D eigenvalue weighted by molar-refractivity contribution is 0.000773. The van der Waals surface area contributed by atoms with Gasteiger partial charge in [0.25, 0.3) is 0 Å². The fourth-order valence-corrected chi connectivity index (χ4v) is 3.44. The van der Waals surface area contributed by atoms with Gasteiger partial charge < -0.3 is 19.2 Å².